The van der Waals surface area contributed by atoms with Crippen LogP contribution in [0.1, 0.15) is 29.3 Å². The minimum absolute atomic E-state index is 0.237. The first-order valence-electron chi connectivity index (χ1n) is 5.87. The van der Waals surface area contributed by atoms with Gasteiger partial charge in [-0.15, -0.1) is 0 Å². The van der Waals surface area contributed by atoms with Gasteiger partial charge < -0.3 is 10.4 Å². The zero-order chi connectivity index (χ0) is 14.4. The largest absolute Gasteiger partial charge is 0.480 e. The van der Waals surface area contributed by atoms with Crippen LogP contribution in [0, 0.1) is 6.92 Å². The molecule has 0 aliphatic heterocycles. The second-order valence-corrected chi connectivity index (χ2v) is 4.48. The minimum atomic E-state index is -1.07. The summed E-state index contributed by atoms with van der Waals surface area (Å²) in [6, 6.07) is 4.10. The first-order chi connectivity index (χ1) is 8.97. The van der Waals surface area contributed by atoms with Gasteiger partial charge in [-0.25, -0.2) is 4.79 Å². The molecule has 1 unspecified atom stereocenters. The number of aryl methyl sites for hydroxylation is 1. The van der Waals surface area contributed by atoms with Gasteiger partial charge in [0, 0.05) is 0 Å². The number of carbonyl (C=O) groups is 2. The number of halogens is 1. The lowest BCUT2D eigenvalue weighted by atomic mass is 10.1. The quantitative estimate of drug-likeness (QED) is 0.816. The number of amides is 1. The molecular weight excluding hydrogens is 266 g/mol. The summed E-state index contributed by atoms with van der Waals surface area (Å²) in [6.07, 6.45) is 3.67. The molecule has 0 saturated carbocycles. The summed E-state index contributed by atoms with van der Waals surface area (Å²) in [5.41, 5.74) is 1.06. The van der Waals surface area contributed by atoms with E-state index in [4.69, 9.17) is 16.7 Å². The van der Waals surface area contributed by atoms with E-state index in [0.29, 0.717) is 5.02 Å². The number of carboxylic acids is 1. The third-order valence-corrected chi connectivity index (χ3v) is 3.15. The van der Waals surface area contributed by atoms with Gasteiger partial charge in [0.25, 0.3) is 5.91 Å². The van der Waals surface area contributed by atoms with E-state index in [9.17, 15) is 9.59 Å². The molecule has 4 nitrogen and oxygen atoms in total. The fraction of sp³-hybridized carbons (Fsp3) is 0.286. The summed E-state index contributed by atoms with van der Waals surface area (Å²) in [5, 5.41) is 11.8. The predicted octanol–water partition coefficient (Wildman–Crippen LogP) is 2.80. The van der Waals surface area contributed by atoms with E-state index >= 15 is 0 Å². The van der Waals surface area contributed by atoms with Crippen LogP contribution >= 0.6 is 11.6 Å². The molecule has 0 heterocycles. The van der Waals surface area contributed by atoms with Crippen LogP contribution in [0.15, 0.2) is 30.4 Å². The molecule has 0 spiro atoms. The van der Waals surface area contributed by atoms with Crippen LogP contribution in [0.25, 0.3) is 0 Å². The zero-order valence-electron chi connectivity index (χ0n) is 10.8. The van der Waals surface area contributed by atoms with Crippen LogP contribution in [0.4, 0.5) is 0 Å². The summed E-state index contributed by atoms with van der Waals surface area (Å²) in [7, 11) is 0. The van der Waals surface area contributed by atoms with Crippen LogP contribution in [-0.2, 0) is 4.79 Å². The average molecular weight is 282 g/mol. The van der Waals surface area contributed by atoms with Crippen molar-refractivity contribution in [1.82, 2.24) is 5.32 Å². The highest BCUT2D eigenvalue weighted by molar-refractivity contribution is 6.34. The van der Waals surface area contributed by atoms with Gasteiger partial charge in [0.05, 0.1) is 10.6 Å². The van der Waals surface area contributed by atoms with E-state index in [0.717, 1.165) is 5.56 Å². The Morgan fingerprint density at radius 1 is 1.47 bits per heavy atom. The summed E-state index contributed by atoms with van der Waals surface area (Å²) < 4.78 is 0. The van der Waals surface area contributed by atoms with Crippen molar-refractivity contribution in [2.45, 2.75) is 26.3 Å². The highest BCUT2D eigenvalue weighted by Gasteiger charge is 2.20. The molecule has 0 aliphatic rings. The van der Waals surface area contributed by atoms with E-state index in [1.165, 1.54) is 0 Å². The molecule has 0 bridgehead atoms. The maximum atomic E-state index is 12.0. The molecule has 19 heavy (non-hydrogen) atoms. The summed E-state index contributed by atoms with van der Waals surface area (Å²) in [4.78, 5) is 23.1. The summed E-state index contributed by atoms with van der Waals surface area (Å²) in [6.45, 7) is 3.58. The van der Waals surface area contributed by atoms with Crippen molar-refractivity contribution in [3.63, 3.8) is 0 Å². The first kappa shape index (κ1) is 15.2. The Bertz CT molecular complexity index is 511. The van der Waals surface area contributed by atoms with Crippen molar-refractivity contribution in [3.8, 4) is 0 Å². The fourth-order valence-electron chi connectivity index (χ4n) is 1.55. The van der Waals surface area contributed by atoms with E-state index in [1.54, 1.807) is 44.2 Å². The van der Waals surface area contributed by atoms with Gasteiger partial charge in [-0.1, -0.05) is 35.9 Å². The molecule has 0 fully saturated rings. The lowest BCUT2D eigenvalue weighted by Crippen LogP contribution is -2.40. The normalized spacial score (nSPS) is 12.4. The number of allylic oxidation sites excluding steroid dienone is 1. The van der Waals surface area contributed by atoms with Crippen LogP contribution in [0.2, 0.25) is 5.02 Å². The van der Waals surface area contributed by atoms with E-state index < -0.39 is 17.9 Å². The Kier molecular flexibility index (Phi) is 5.57. The van der Waals surface area contributed by atoms with Gasteiger partial charge in [0.2, 0.25) is 0 Å². The number of carbonyl (C=O) groups excluding carboxylic acids is 1. The number of carboxylic acid groups (broad SMARTS) is 1. The SMILES string of the molecule is C/C=C/CC(NC(=O)c1cccc(C)c1Cl)C(=O)O. The average Bonchev–Trinajstić information content (AvgIpc) is 2.37. The van der Waals surface area contributed by atoms with E-state index in [-0.39, 0.29) is 12.0 Å². The molecule has 1 rings (SSSR count). The standard InChI is InChI=1S/C14H16ClNO3/c1-3-4-8-11(14(18)19)16-13(17)10-7-5-6-9(2)12(10)15/h3-7,11H,8H2,1-2H3,(H,16,17)(H,18,19)/b4-3+. The van der Waals surface area contributed by atoms with Gasteiger partial charge in [-0.2, -0.15) is 0 Å². The van der Waals surface area contributed by atoms with Gasteiger partial charge >= 0.3 is 5.97 Å². The van der Waals surface area contributed by atoms with E-state index in [1.807, 2.05) is 0 Å². The van der Waals surface area contributed by atoms with Crippen LogP contribution in [0.5, 0.6) is 0 Å². The maximum absolute atomic E-state index is 12.0. The lowest BCUT2D eigenvalue weighted by Gasteiger charge is -2.14. The number of rotatable bonds is 5. The Hall–Kier alpha value is -1.81. The van der Waals surface area contributed by atoms with Crippen molar-refractivity contribution in [3.05, 3.63) is 46.5 Å². The monoisotopic (exact) mass is 281 g/mol. The zero-order valence-corrected chi connectivity index (χ0v) is 11.6. The van der Waals surface area contributed by atoms with Crippen molar-refractivity contribution in [2.75, 3.05) is 0 Å². The van der Waals surface area contributed by atoms with Crippen LogP contribution in [-0.4, -0.2) is 23.0 Å². The van der Waals surface area contributed by atoms with Crippen molar-refractivity contribution >= 4 is 23.5 Å². The third kappa shape index (κ3) is 4.10. The fourth-order valence-corrected chi connectivity index (χ4v) is 1.76. The molecule has 1 atom stereocenters. The first-order valence-corrected chi connectivity index (χ1v) is 6.25. The molecule has 0 aliphatic carbocycles. The van der Waals surface area contributed by atoms with Crippen molar-refractivity contribution in [2.24, 2.45) is 0 Å². The third-order valence-electron chi connectivity index (χ3n) is 2.65. The Morgan fingerprint density at radius 2 is 2.16 bits per heavy atom. The van der Waals surface area contributed by atoms with Gasteiger partial charge in [-0.3, -0.25) is 4.79 Å². The Balaban J connectivity index is 2.88. The van der Waals surface area contributed by atoms with Gasteiger partial charge in [0.1, 0.15) is 6.04 Å². The topological polar surface area (TPSA) is 66.4 Å². The molecule has 1 aromatic carbocycles. The van der Waals surface area contributed by atoms with Gasteiger partial charge in [-0.05, 0) is 31.9 Å². The second-order valence-electron chi connectivity index (χ2n) is 4.11. The number of nitrogens with one attached hydrogen (secondary N) is 1. The minimum Gasteiger partial charge on any atom is -0.480 e. The highest BCUT2D eigenvalue weighted by atomic mass is 35.5. The molecule has 0 radical (unpaired) electrons. The Morgan fingerprint density at radius 3 is 2.74 bits per heavy atom. The molecule has 5 heteroatoms. The molecule has 102 valence electrons. The number of benzene rings is 1. The molecule has 0 aromatic heterocycles. The second kappa shape index (κ2) is 6.95. The van der Waals surface area contributed by atoms with Crippen LogP contribution in [0.3, 0.4) is 0 Å². The molecular formula is C14H16ClNO3. The van der Waals surface area contributed by atoms with Crippen LogP contribution < -0.4 is 5.32 Å². The van der Waals surface area contributed by atoms with E-state index in [2.05, 4.69) is 5.32 Å². The smallest absolute Gasteiger partial charge is 0.326 e. The molecule has 2 N–H and O–H groups in total. The lowest BCUT2D eigenvalue weighted by molar-refractivity contribution is -0.139. The predicted molar refractivity (Wildman–Crippen MR) is 74.5 cm³/mol. The highest BCUT2D eigenvalue weighted by Crippen LogP contribution is 2.20. The number of hydrogen-bond donors (Lipinski definition) is 2. The van der Waals surface area contributed by atoms with Crippen molar-refractivity contribution in [1.29, 1.82) is 0 Å². The molecule has 1 amide bonds. The van der Waals surface area contributed by atoms with Crippen molar-refractivity contribution < 1.29 is 14.7 Å². The molecule has 1 aromatic rings. The number of aliphatic carboxylic acids is 1. The van der Waals surface area contributed by atoms with Gasteiger partial charge in [0.15, 0.2) is 0 Å². The summed E-state index contributed by atoms with van der Waals surface area (Å²) in [5.74, 6) is -1.55. The Labute approximate surface area is 117 Å². The maximum Gasteiger partial charge on any atom is 0.326 e. The number of hydrogen-bond acceptors (Lipinski definition) is 2. The molecule has 0 saturated heterocycles. The summed E-state index contributed by atoms with van der Waals surface area (Å²) >= 11 is 6.03.